The molecular formula is C15H22BrN3O3. The van der Waals surface area contributed by atoms with Crippen molar-refractivity contribution in [1.29, 1.82) is 0 Å². The van der Waals surface area contributed by atoms with E-state index in [1.807, 2.05) is 4.90 Å². The van der Waals surface area contributed by atoms with Crippen molar-refractivity contribution in [2.24, 2.45) is 11.7 Å². The summed E-state index contributed by atoms with van der Waals surface area (Å²) in [6.45, 7) is 3.37. The third kappa shape index (κ3) is 3.89. The molecule has 2 N–H and O–H groups in total. The van der Waals surface area contributed by atoms with Crippen LogP contribution in [0.25, 0.3) is 0 Å². The Hall–Kier alpha value is -1.34. The van der Waals surface area contributed by atoms with Gasteiger partial charge >= 0.3 is 0 Å². The van der Waals surface area contributed by atoms with E-state index in [9.17, 15) is 9.59 Å². The topological polar surface area (TPSA) is 79.8 Å². The Morgan fingerprint density at radius 3 is 2.82 bits per heavy atom. The smallest absolute Gasteiger partial charge is 0.289 e. The maximum Gasteiger partial charge on any atom is 0.289 e. The maximum absolute atomic E-state index is 12.5. The molecular weight excluding hydrogens is 350 g/mol. The van der Waals surface area contributed by atoms with Crippen LogP contribution in [0.15, 0.2) is 21.2 Å². The Balaban J connectivity index is 1.97. The fourth-order valence-corrected chi connectivity index (χ4v) is 3.09. The largest absolute Gasteiger partial charge is 0.444 e. The van der Waals surface area contributed by atoms with Crippen molar-refractivity contribution < 1.29 is 14.0 Å². The summed E-state index contributed by atoms with van der Waals surface area (Å²) in [6.07, 6.45) is 1.90. The molecule has 1 aromatic rings. The molecule has 2 amide bonds. The molecule has 2 unspecified atom stereocenters. The van der Waals surface area contributed by atoms with Gasteiger partial charge < -0.3 is 20.0 Å². The summed E-state index contributed by atoms with van der Waals surface area (Å²) in [5, 5.41) is 0. The van der Waals surface area contributed by atoms with Crippen LogP contribution in [0.1, 0.15) is 30.3 Å². The molecule has 2 atom stereocenters. The lowest BCUT2D eigenvalue weighted by Crippen LogP contribution is -2.52. The lowest BCUT2D eigenvalue weighted by atomic mass is 9.92. The van der Waals surface area contributed by atoms with Gasteiger partial charge in [-0.3, -0.25) is 9.59 Å². The molecule has 0 bridgehead atoms. The van der Waals surface area contributed by atoms with E-state index < -0.39 is 0 Å². The molecule has 0 spiro atoms. The number of furan rings is 1. The van der Waals surface area contributed by atoms with Crippen LogP contribution in [0, 0.1) is 5.92 Å². The van der Waals surface area contributed by atoms with E-state index in [0.717, 1.165) is 12.8 Å². The van der Waals surface area contributed by atoms with Crippen molar-refractivity contribution in [3.8, 4) is 0 Å². The number of carbonyl (C=O) groups is 2. The molecule has 1 fully saturated rings. The molecule has 1 aromatic heterocycles. The molecule has 1 aliphatic heterocycles. The van der Waals surface area contributed by atoms with Crippen molar-refractivity contribution in [1.82, 2.24) is 9.80 Å². The standard InChI is InChI=1S/C15H22BrN3O3/c1-10-5-6-19(11(7-10)8-17)14(20)9-18(2)15(21)12-3-4-13(16)22-12/h3-4,10-11H,5-9,17H2,1-2H3. The minimum absolute atomic E-state index is 0.0298. The second-order valence-corrected chi connectivity index (χ2v) is 6.65. The van der Waals surface area contributed by atoms with E-state index in [2.05, 4.69) is 22.9 Å². The van der Waals surface area contributed by atoms with E-state index in [4.69, 9.17) is 10.2 Å². The van der Waals surface area contributed by atoms with E-state index >= 15 is 0 Å². The van der Waals surface area contributed by atoms with E-state index in [0.29, 0.717) is 23.7 Å². The first-order valence-electron chi connectivity index (χ1n) is 7.42. The van der Waals surface area contributed by atoms with Gasteiger partial charge in [0.1, 0.15) is 0 Å². The highest BCUT2D eigenvalue weighted by molar-refractivity contribution is 9.10. The van der Waals surface area contributed by atoms with E-state index in [-0.39, 0.29) is 30.2 Å². The average molecular weight is 372 g/mol. The SMILES string of the molecule is CC1CCN(C(=O)CN(C)C(=O)c2ccc(Br)o2)C(CN)C1. The lowest BCUT2D eigenvalue weighted by molar-refractivity contribution is -0.135. The minimum atomic E-state index is -0.311. The molecule has 7 heteroatoms. The Kier molecular flexibility index (Phi) is 5.63. The monoisotopic (exact) mass is 371 g/mol. The summed E-state index contributed by atoms with van der Waals surface area (Å²) in [5.74, 6) is 0.416. The number of nitrogens with two attached hydrogens (primary N) is 1. The van der Waals surface area contributed by atoms with Crippen LogP contribution < -0.4 is 5.73 Å². The predicted octanol–water partition coefficient (Wildman–Crippen LogP) is 1.70. The second kappa shape index (κ2) is 7.28. The molecule has 2 rings (SSSR count). The summed E-state index contributed by atoms with van der Waals surface area (Å²) in [5.41, 5.74) is 5.78. The third-order valence-corrected chi connectivity index (χ3v) is 4.50. The Labute approximate surface area is 138 Å². The van der Waals surface area contributed by atoms with E-state index in [1.165, 1.54) is 4.90 Å². The number of likely N-dealkylation sites (N-methyl/N-ethyl adjacent to an activating group) is 1. The van der Waals surface area contributed by atoms with Gasteiger partial charge in [0.05, 0.1) is 6.54 Å². The van der Waals surface area contributed by atoms with Gasteiger partial charge in [-0.15, -0.1) is 0 Å². The molecule has 0 radical (unpaired) electrons. The zero-order valence-electron chi connectivity index (χ0n) is 12.9. The molecule has 1 aliphatic rings. The quantitative estimate of drug-likeness (QED) is 0.873. The van der Waals surface area contributed by atoms with Gasteiger partial charge in [0.2, 0.25) is 5.91 Å². The maximum atomic E-state index is 12.5. The zero-order valence-corrected chi connectivity index (χ0v) is 14.5. The van der Waals surface area contributed by atoms with Gasteiger partial charge in [-0.2, -0.15) is 0 Å². The molecule has 0 aliphatic carbocycles. The summed E-state index contributed by atoms with van der Waals surface area (Å²) in [6, 6.07) is 3.30. The number of amides is 2. The van der Waals surface area contributed by atoms with Crippen LogP contribution in [-0.2, 0) is 4.79 Å². The summed E-state index contributed by atoms with van der Waals surface area (Å²) < 4.78 is 5.72. The first-order valence-corrected chi connectivity index (χ1v) is 8.22. The predicted molar refractivity (Wildman–Crippen MR) is 86.3 cm³/mol. The Bertz CT molecular complexity index is 546. The number of hydrogen-bond acceptors (Lipinski definition) is 4. The molecule has 0 saturated carbocycles. The number of halogens is 1. The first-order chi connectivity index (χ1) is 10.4. The number of likely N-dealkylation sites (tertiary alicyclic amines) is 1. The van der Waals surface area contributed by atoms with Crippen LogP contribution in [0.5, 0.6) is 0 Å². The number of nitrogens with zero attached hydrogens (tertiary/aromatic N) is 2. The third-order valence-electron chi connectivity index (χ3n) is 4.07. The molecule has 0 aromatic carbocycles. The minimum Gasteiger partial charge on any atom is -0.444 e. The molecule has 2 heterocycles. The second-order valence-electron chi connectivity index (χ2n) is 5.87. The van der Waals surface area contributed by atoms with Crippen LogP contribution in [0.4, 0.5) is 0 Å². The highest BCUT2D eigenvalue weighted by Gasteiger charge is 2.30. The first kappa shape index (κ1) is 17.0. The number of piperidine rings is 1. The van der Waals surface area contributed by atoms with Crippen molar-refractivity contribution in [3.05, 3.63) is 22.6 Å². The number of hydrogen-bond donors (Lipinski definition) is 1. The fourth-order valence-electron chi connectivity index (χ4n) is 2.79. The summed E-state index contributed by atoms with van der Waals surface area (Å²) >= 11 is 3.16. The van der Waals surface area contributed by atoms with Crippen molar-refractivity contribution >= 4 is 27.7 Å². The van der Waals surface area contributed by atoms with Gasteiger partial charge in [-0.1, -0.05) is 6.92 Å². The number of carbonyl (C=O) groups excluding carboxylic acids is 2. The van der Waals surface area contributed by atoms with Crippen LogP contribution in [-0.4, -0.2) is 54.3 Å². The van der Waals surface area contributed by atoms with Crippen molar-refractivity contribution in [2.45, 2.75) is 25.8 Å². The fraction of sp³-hybridized carbons (Fsp3) is 0.600. The van der Waals surface area contributed by atoms with Gasteiger partial charge in [-0.05, 0) is 46.8 Å². The van der Waals surface area contributed by atoms with Crippen molar-refractivity contribution in [2.75, 3.05) is 26.7 Å². The molecule has 122 valence electrons. The van der Waals surface area contributed by atoms with Gasteiger partial charge in [-0.25, -0.2) is 0 Å². The van der Waals surface area contributed by atoms with Gasteiger partial charge in [0.25, 0.3) is 5.91 Å². The molecule has 1 saturated heterocycles. The van der Waals surface area contributed by atoms with Gasteiger partial charge in [0.15, 0.2) is 10.4 Å². The normalized spacial score (nSPS) is 21.7. The van der Waals surface area contributed by atoms with Crippen LogP contribution in [0.2, 0.25) is 0 Å². The van der Waals surface area contributed by atoms with Crippen LogP contribution >= 0.6 is 15.9 Å². The molecule has 22 heavy (non-hydrogen) atoms. The summed E-state index contributed by atoms with van der Waals surface area (Å²) in [7, 11) is 1.60. The highest BCUT2D eigenvalue weighted by atomic mass is 79.9. The molecule has 6 nitrogen and oxygen atoms in total. The zero-order chi connectivity index (χ0) is 16.3. The highest BCUT2D eigenvalue weighted by Crippen LogP contribution is 2.22. The van der Waals surface area contributed by atoms with E-state index in [1.54, 1.807) is 19.2 Å². The summed E-state index contributed by atoms with van der Waals surface area (Å²) in [4.78, 5) is 27.8. The Morgan fingerprint density at radius 2 is 2.23 bits per heavy atom. The average Bonchev–Trinajstić information content (AvgIpc) is 2.92. The van der Waals surface area contributed by atoms with Gasteiger partial charge in [0, 0.05) is 26.2 Å². The lowest BCUT2D eigenvalue weighted by Gasteiger charge is -2.38. The van der Waals surface area contributed by atoms with Crippen LogP contribution in [0.3, 0.4) is 0 Å². The Morgan fingerprint density at radius 1 is 1.50 bits per heavy atom. The van der Waals surface area contributed by atoms with Crippen molar-refractivity contribution in [3.63, 3.8) is 0 Å². The number of rotatable bonds is 4.